The van der Waals surface area contributed by atoms with Gasteiger partial charge in [0.05, 0.1) is 12.5 Å². The zero-order valence-electron chi connectivity index (χ0n) is 26.8. The van der Waals surface area contributed by atoms with Crippen LogP contribution in [0.4, 0.5) is 11.4 Å². The standard InChI is InChI=1S/C16H22N2O3S.C14H20N2O2S.C2H4O2/c1-4-16(14-9-18(11(2)19)10-15(14)16)12-6-5-7-13(8-12)17-22(3,20)21;1-3-14(12-8-15-9-13(12)14)10-5-4-6-11(7-10)16-19(2,17)18;1-2(3)4/h5-8,14-15,17H,4,9-10H2,1-3H3;4-7,12-13,15-16H,3,8-9H2,1-2H3;1H3,(H,3,4). The third-order valence-corrected chi connectivity index (χ3v) is 11.2. The molecule has 0 bridgehead atoms. The van der Waals surface area contributed by atoms with Gasteiger partial charge < -0.3 is 15.3 Å². The van der Waals surface area contributed by atoms with Gasteiger partial charge in [0.25, 0.3) is 5.97 Å². The number of nitrogens with zero attached hydrogens (tertiary/aromatic N) is 1. The number of carboxylic acids is 1. The van der Waals surface area contributed by atoms with Gasteiger partial charge in [0.1, 0.15) is 0 Å². The highest BCUT2D eigenvalue weighted by molar-refractivity contribution is 7.92. The second kappa shape index (κ2) is 12.9. The summed E-state index contributed by atoms with van der Waals surface area (Å²) < 4.78 is 50.6. The molecule has 4 atom stereocenters. The number of hydrogen-bond acceptors (Lipinski definition) is 7. The summed E-state index contributed by atoms with van der Waals surface area (Å²) in [6.07, 6.45) is 4.47. The van der Waals surface area contributed by atoms with Crippen LogP contribution in [0.3, 0.4) is 0 Å². The van der Waals surface area contributed by atoms with E-state index in [1.807, 2.05) is 35.2 Å². The van der Waals surface area contributed by atoms with E-state index < -0.39 is 26.0 Å². The van der Waals surface area contributed by atoms with Crippen LogP contribution in [0.25, 0.3) is 0 Å². The fourth-order valence-corrected chi connectivity index (χ4v) is 9.24. The minimum absolute atomic E-state index is 0.0984. The molecule has 248 valence electrons. The summed E-state index contributed by atoms with van der Waals surface area (Å²) in [6, 6.07) is 15.6. The summed E-state index contributed by atoms with van der Waals surface area (Å²) >= 11 is 0. The average molecular weight is 663 g/mol. The number of aliphatic carboxylic acids is 1. The molecule has 2 saturated carbocycles. The van der Waals surface area contributed by atoms with Crippen molar-refractivity contribution in [1.29, 1.82) is 0 Å². The Bertz CT molecular complexity index is 1620. The van der Waals surface area contributed by atoms with Crippen molar-refractivity contribution in [3.8, 4) is 0 Å². The number of hydrogen-bond donors (Lipinski definition) is 4. The highest BCUT2D eigenvalue weighted by Crippen LogP contribution is 2.66. The minimum Gasteiger partial charge on any atom is -0.481 e. The van der Waals surface area contributed by atoms with Gasteiger partial charge in [0.2, 0.25) is 26.0 Å². The van der Waals surface area contributed by atoms with Crippen molar-refractivity contribution in [3.63, 3.8) is 0 Å². The number of likely N-dealkylation sites (tertiary alicyclic amines) is 1. The Hall–Kier alpha value is -3.16. The number of sulfonamides is 2. The smallest absolute Gasteiger partial charge is 0.300 e. The topological polar surface area (TPSA) is 162 Å². The maximum atomic E-state index is 11.5. The van der Waals surface area contributed by atoms with Crippen molar-refractivity contribution in [2.45, 2.75) is 51.4 Å². The predicted octanol–water partition coefficient (Wildman–Crippen LogP) is 3.46. The zero-order chi connectivity index (χ0) is 33.4. The van der Waals surface area contributed by atoms with Crippen LogP contribution in [-0.2, 0) is 40.5 Å². The lowest BCUT2D eigenvalue weighted by atomic mass is 9.87. The second-order valence-corrected chi connectivity index (χ2v) is 16.2. The fourth-order valence-electron chi connectivity index (χ4n) is 8.12. The van der Waals surface area contributed by atoms with Crippen LogP contribution in [0.15, 0.2) is 48.5 Å². The first-order chi connectivity index (χ1) is 21.0. The summed E-state index contributed by atoms with van der Waals surface area (Å²) in [5.74, 6) is 1.73. The summed E-state index contributed by atoms with van der Waals surface area (Å²) in [5, 5.41) is 10.8. The fraction of sp³-hybridized carbons (Fsp3) is 0.562. The summed E-state index contributed by atoms with van der Waals surface area (Å²) in [6.45, 7) is 10.9. The van der Waals surface area contributed by atoms with Crippen molar-refractivity contribution in [2.24, 2.45) is 23.7 Å². The molecule has 2 heterocycles. The van der Waals surface area contributed by atoms with Crippen LogP contribution in [-0.4, -0.2) is 77.4 Å². The van der Waals surface area contributed by atoms with E-state index in [1.165, 1.54) is 17.4 Å². The summed E-state index contributed by atoms with van der Waals surface area (Å²) in [7, 11) is -6.47. The molecule has 6 rings (SSSR count). The Labute approximate surface area is 267 Å². The molecule has 13 heteroatoms. The van der Waals surface area contributed by atoms with E-state index in [1.54, 1.807) is 13.0 Å². The van der Waals surface area contributed by atoms with Gasteiger partial charge in [-0.05, 0) is 85.0 Å². The second-order valence-electron chi connectivity index (χ2n) is 12.7. The minimum atomic E-state index is -3.27. The van der Waals surface area contributed by atoms with Gasteiger partial charge >= 0.3 is 0 Å². The van der Waals surface area contributed by atoms with E-state index in [0.717, 1.165) is 52.2 Å². The van der Waals surface area contributed by atoms with Crippen LogP contribution >= 0.6 is 0 Å². The maximum absolute atomic E-state index is 11.5. The molecular weight excluding hydrogens is 617 g/mol. The molecule has 0 radical (unpaired) electrons. The molecule has 45 heavy (non-hydrogen) atoms. The number of carboxylic acid groups (broad SMARTS) is 1. The van der Waals surface area contributed by atoms with Gasteiger partial charge in [-0.2, -0.15) is 0 Å². The molecule has 4 aliphatic rings. The van der Waals surface area contributed by atoms with E-state index in [2.05, 4.69) is 40.7 Å². The molecule has 2 aliphatic carbocycles. The van der Waals surface area contributed by atoms with E-state index in [4.69, 9.17) is 9.90 Å². The predicted molar refractivity (Wildman–Crippen MR) is 176 cm³/mol. The number of piperidine rings is 2. The van der Waals surface area contributed by atoms with Crippen LogP contribution in [0.2, 0.25) is 0 Å². The van der Waals surface area contributed by atoms with Crippen molar-refractivity contribution in [1.82, 2.24) is 10.2 Å². The lowest BCUT2D eigenvalue weighted by molar-refractivity contribution is -0.134. The number of rotatable bonds is 8. The monoisotopic (exact) mass is 662 g/mol. The quantitative estimate of drug-likeness (QED) is 0.334. The first-order valence-electron chi connectivity index (χ1n) is 15.3. The third-order valence-electron chi connectivity index (χ3n) is 9.98. The number of fused-ring (bicyclic) bond motifs is 2. The summed E-state index contributed by atoms with van der Waals surface area (Å²) in [5.41, 5.74) is 4.11. The molecule has 0 aromatic heterocycles. The average Bonchev–Trinajstić information content (AvgIpc) is 3.46. The van der Waals surface area contributed by atoms with E-state index in [0.29, 0.717) is 35.0 Å². The normalized spacial score (nSPS) is 29.2. The Morgan fingerprint density at radius 3 is 1.51 bits per heavy atom. The molecule has 2 saturated heterocycles. The van der Waals surface area contributed by atoms with E-state index in [-0.39, 0.29) is 16.7 Å². The van der Waals surface area contributed by atoms with Crippen molar-refractivity contribution in [2.75, 3.05) is 48.1 Å². The van der Waals surface area contributed by atoms with Gasteiger partial charge in [-0.15, -0.1) is 0 Å². The maximum Gasteiger partial charge on any atom is 0.300 e. The van der Waals surface area contributed by atoms with Crippen LogP contribution in [0.5, 0.6) is 0 Å². The number of carbonyl (C=O) groups is 2. The number of carbonyl (C=O) groups excluding carboxylic acids is 1. The Morgan fingerprint density at radius 2 is 1.18 bits per heavy atom. The molecule has 2 aromatic rings. The molecule has 4 fully saturated rings. The Kier molecular flexibility index (Phi) is 9.96. The van der Waals surface area contributed by atoms with E-state index in [9.17, 15) is 21.6 Å². The number of anilines is 2. The van der Waals surface area contributed by atoms with Gasteiger partial charge in [0, 0.05) is 49.1 Å². The Balaban J connectivity index is 0.000000185. The zero-order valence-corrected chi connectivity index (χ0v) is 28.5. The van der Waals surface area contributed by atoms with Crippen LogP contribution in [0.1, 0.15) is 51.7 Å². The van der Waals surface area contributed by atoms with Crippen molar-refractivity contribution >= 4 is 43.3 Å². The van der Waals surface area contributed by atoms with Crippen LogP contribution in [0, 0.1) is 23.7 Å². The third kappa shape index (κ3) is 7.47. The molecule has 0 spiro atoms. The SMILES string of the molecule is CC(=O)O.CCC1(c2cccc(NS(C)(=O)=O)c2)C2CN(C(C)=O)CC21.CCC1(c2cccc(NS(C)(=O)=O)c2)C2CNCC21. The Morgan fingerprint density at radius 1 is 0.800 bits per heavy atom. The molecule has 2 aromatic carbocycles. The van der Waals surface area contributed by atoms with Gasteiger partial charge in [0.15, 0.2) is 0 Å². The number of benzene rings is 2. The molecular formula is C32H46N4O7S2. The van der Waals surface area contributed by atoms with Crippen LogP contribution < -0.4 is 14.8 Å². The highest BCUT2D eigenvalue weighted by atomic mass is 32.2. The largest absolute Gasteiger partial charge is 0.481 e. The van der Waals surface area contributed by atoms with Crippen molar-refractivity contribution in [3.05, 3.63) is 59.7 Å². The van der Waals surface area contributed by atoms with E-state index >= 15 is 0 Å². The lowest BCUT2D eigenvalue weighted by Crippen LogP contribution is -2.33. The number of nitrogens with one attached hydrogen (secondary N) is 3. The first-order valence-corrected chi connectivity index (χ1v) is 19.1. The highest BCUT2D eigenvalue weighted by Gasteiger charge is 2.68. The van der Waals surface area contributed by atoms with Crippen molar-refractivity contribution < 1.29 is 31.5 Å². The van der Waals surface area contributed by atoms with Gasteiger partial charge in [-0.25, -0.2) is 16.8 Å². The summed E-state index contributed by atoms with van der Waals surface area (Å²) in [4.78, 5) is 22.4. The molecule has 2 aliphatic heterocycles. The molecule has 11 nitrogen and oxygen atoms in total. The van der Waals surface area contributed by atoms with Gasteiger partial charge in [-0.1, -0.05) is 38.1 Å². The number of amides is 1. The molecule has 4 unspecified atom stereocenters. The molecule has 4 N–H and O–H groups in total. The van der Waals surface area contributed by atoms with Gasteiger partial charge in [-0.3, -0.25) is 19.0 Å². The molecule has 1 amide bonds. The first kappa shape index (κ1) is 34.7. The lowest BCUT2D eigenvalue weighted by Gasteiger charge is -2.26.